The van der Waals surface area contributed by atoms with Crippen molar-refractivity contribution in [2.75, 3.05) is 43.9 Å². The van der Waals surface area contributed by atoms with Gasteiger partial charge in [0.05, 0.1) is 29.2 Å². The molecule has 4 aromatic rings. The van der Waals surface area contributed by atoms with Crippen molar-refractivity contribution in [2.24, 2.45) is 0 Å². The number of thiazole rings is 1. The van der Waals surface area contributed by atoms with Crippen LogP contribution in [-0.4, -0.2) is 58.2 Å². The molecule has 12 heteroatoms. The van der Waals surface area contributed by atoms with Crippen molar-refractivity contribution in [1.82, 2.24) is 19.9 Å². The Morgan fingerprint density at radius 3 is 2.50 bits per heavy atom. The van der Waals surface area contributed by atoms with Gasteiger partial charge in [0.1, 0.15) is 5.52 Å². The highest BCUT2D eigenvalue weighted by molar-refractivity contribution is 7.22. The predicted octanol–water partition coefficient (Wildman–Crippen LogP) is 5.67. The van der Waals surface area contributed by atoms with Crippen LogP contribution in [0.4, 0.5) is 24.3 Å². The van der Waals surface area contributed by atoms with Crippen molar-refractivity contribution in [3.05, 3.63) is 54.1 Å². The number of alkyl halides is 3. The highest BCUT2D eigenvalue weighted by Crippen LogP contribution is 2.35. The van der Waals surface area contributed by atoms with Gasteiger partial charge in [-0.25, -0.2) is 9.97 Å². The molecule has 5 rings (SSSR count). The maximum absolute atomic E-state index is 13.1. The van der Waals surface area contributed by atoms with Crippen molar-refractivity contribution in [1.29, 1.82) is 0 Å². The largest absolute Gasteiger partial charge is 0.437 e. The molecule has 38 heavy (non-hydrogen) atoms. The van der Waals surface area contributed by atoms with E-state index in [1.807, 2.05) is 12.1 Å². The minimum absolute atomic E-state index is 0.220. The molecule has 0 bridgehead atoms. The number of benzene rings is 2. The summed E-state index contributed by atoms with van der Waals surface area (Å²) < 4.78 is 51.8. The van der Waals surface area contributed by atoms with E-state index < -0.39 is 11.7 Å². The summed E-state index contributed by atoms with van der Waals surface area (Å²) >= 11 is 1.34. The predicted molar refractivity (Wildman–Crippen MR) is 142 cm³/mol. The fourth-order valence-corrected chi connectivity index (χ4v) is 5.00. The summed E-state index contributed by atoms with van der Waals surface area (Å²) in [6.45, 7) is 7.75. The number of nitrogen functional groups attached to an aromatic ring is 1. The number of nitrogens with zero attached hydrogens (tertiary/aromatic N) is 4. The first-order valence-corrected chi connectivity index (χ1v) is 12.9. The molecule has 2 aromatic carbocycles. The summed E-state index contributed by atoms with van der Waals surface area (Å²) in [5.74, 6) is 0.983. The van der Waals surface area contributed by atoms with Crippen LogP contribution in [0.15, 0.2) is 48.5 Å². The van der Waals surface area contributed by atoms with Gasteiger partial charge in [0.2, 0.25) is 11.8 Å². The van der Waals surface area contributed by atoms with E-state index in [1.54, 1.807) is 12.1 Å². The second-order valence-electron chi connectivity index (χ2n) is 9.51. The molecule has 0 radical (unpaired) electrons. The third-order valence-corrected chi connectivity index (χ3v) is 7.22. The molecule has 0 unspecified atom stereocenters. The summed E-state index contributed by atoms with van der Waals surface area (Å²) in [5.41, 5.74) is 6.45. The number of morpholine rings is 1. The van der Waals surface area contributed by atoms with Crippen LogP contribution >= 0.6 is 11.3 Å². The number of hydrogen-bond acceptors (Lipinski definition) is 9. The lowest BCUT2D eigenvalue weighted by Gasteiger charge is -2.40. The van der Waals surface area contributed by atoms with Crippen molar-refractivity contribution < 1.29 is 22.6 Å². The molecule has 1 fully saturated rings. The number of halogens is 3. The molecular weight excluding hydrogens is 517 g/mol. The SMILES string of the molecule is CC(C)(CNc1nc(Oc2cccc3sc(N)nc23)cc(-c2ccc(C(F)(F)F)cc2)n1)N1CCOCC1. The lowest BCUT2D eigenvalue weighted by molar-refractivity contribution is -0.137. The van der Waals surface area contributed by atoms with Gasteiger partial charge in [-0.2, -0.15) is 18.2 Å². The average molecular weight is 545 g/mol. The zero-order valence-corrected chi connectivity index (χ0v) is 21.7. The number of nitrogens with one attached hydrogen (secondary N) is 1. The Bertz CT molecular complexity index is 1420. The topological polar surface area (TPSA) is 98.4 Å². The summed E-state index contributed by atoms with van der Waals surface area (Å²) in [6.07, 6.45) is -4.43. The smallest absolute Gasteiger partial charge is 0.416 e. The Balaban J connectivity index is 1.47. The normalized spacial score (nSPS) is 15.1. The van der Waals surface area contributed by atoms with Gasteiger partial charge >= 0.3 is 6.18 Å². The third-order valence-electron chi connectivity index (χ3n) is 6.37. The van der Waals surface area contributed by atoms with Gasteiger partial charge in [-0.05, 0) is 38.1 Å². The lowest BCUT2D eigenvalue weighted by Crippen LogP contribution is -2.53. The zero-order valence-electron chi connectivity index (χ0n) is 20.9. The second kappa shape index (κ2) is 10.4. The molecule has 1 aliphatic rings. The minimum atomic E-state index is -4.43. The van der Waals surface area contributed by atoms with E-state index in [1.165, 1.54) is 23.5 Å². The maximum Gasteiger partial charge on any atom is 0.416 e. The van der Waals surface area contributed by atoms with Crippen LogP contribution in [0.25, 0.3) is 21.5 Å². The lowest BCUT2D eigenvalue weighted by atomic mass is 10.0. The fourth-order valence-electron chi connectivity index (χ4n) is 4.25. The molecule has 8 nitrogen and oxygen atoms in total. The molecule has 0 aliphatic carbocycles. The molecule has 0 spiro atoms. The number of aromatic nitrogens is 3. The molecular formula is C26H27F3N6O2S. The van der Waals surface area contributed by atoms with Crippen LogP contribution in [-0.2, 0) is 10.9 Å². The number of anilines is 2. The zero-order chi connectivity index (χ0) is 26.9. The Hall–Kier alpha value is -3.48. The number of hydrogen-bond donors (Lipinski definition) is 2. The molecule has 3 N–H and O–H groups in total. The molecule has 1 saturated heterocycles. The van der Waals surface area contributed by atoms with E-state index in [0.29, 0.717) is 53.4 Å². The molecule has 200 valence electrons. The molecule has 3 heterocycles. The molecule has 0 atom stereocenters. The number of para-hydroxylation sites is 1. The summed E-state index contributed by atoms with van der Waals surface area (Å²) in [5, 5.41) is 3.71. The van der Waals surface area contributed by atoms with Gasteiger partial charge in [0, 0.05) is 36.8 Å². The van der Waals surface area contributed by atoms with E-state index in [4.69, 9.17) is 15.2 Å². The van der Waals surface area contributed by atoms with E-state index in [2.05, 4.69) is 39.0 Å². The van der Waals surface area contributed by atoms with Crippen molar-refractivity contribution in [3.8, 4) is 22.9 Å². The minimum Gasteiger partial charge on any atom is -0.437 e. The van der Waals surface area contributed by atoms with Crippen LogP contribution in [0, 0.1) is 0 Å². The van der Waals surface area contributed by atoms with Gasteiger partial charge in [-0.15, -0.1) is 0 Å². The number of ether oxygens (including phenoxy) is 2. The Morgan fingerprint density at radius 1 is 1.05 bits per heavy atom. The maximum atomic E-state index is 13.1. The Morgan fingerprint density at radius 2 is 1.79 bits per heavy atom. The van der Waals surface area contributed by atoms with Crippen molar-refractivity contribution >= 4 is 32.6 Å². The Labute approximate surface area is 221 Å². The monoisotopic (exact) mass is 544 g/mol. The number of rotatable bonds is 7. The van der Waals surface area contributed by atoms with Crippen molar-refractivity contribution in [2.45, 2.75) is 25.6 Å². The molecule has 1 aliphatic heterocycles. The van der Waals surface area contributed by atoms with E-state index in [9.17, 15) is 13.2 Å². The van der Waals surface area contributed by atoms with Crippen molar-refractivity contribution in [3.63, 3.8) is 0 Å². The average Bonchev–Trinajstić information content (AvgIpc) is 3.29. The number of fused-ring (bicyclic) bond motifs is 1. The molecule has 2 aromatic heterocycles. The fraction of sp³-hybridized carbons (Fsp3) is 0.346. The highest BCUT2D eigenvalue weighted by atomic mass is 32.1. The first kappa shape index (κ1) is 26.1. The van der Waals surface area contributed by atoms with E-state index in [0.717, 1.165) is 29.9 Å². The van der Waals surface area contributed by atoms with Gasteiger partial charge in [0.15, 0.2) is 10.9 Å². The first-order valence-electron chi connectivity index (χ1n) is 12.0. The quantitative estimate of drug-likeness (QED) is 0.307. The summed E-state index contributed by atoms with van der Waals surface area (Å²) in [7, 11) is 0. The van der Waals surface area contributed by atoms with Crippen LogP contribution in [0.5, 0.6) is 11.6 Å². The van der Waals surface area contributed by atoms with E-state index >= 15 is 0 Å². The van der Waals surface area contributed by atoms with Crippen LogP contribution < -0.4 is 15.8 Å². The van der Waals surface area contributed by atoms with Gasteiger partial charge in [-0.1, -0.05) is 29.5 Å². The van der Waals surface area contributed by atoms with Gasteiger partial charge < -0.3 is 20.5 Å². The van der Waals surface area contributed by atoms with Gasteiger partial charge in [-0.3, -0.25) is 4.90 Å². The Kier molecular flexibility index (Phi) is 7.12. The molecule has 0 amide bonds. The summed E-state index contributed by atoms with van der Waals surface area (Å²) in [6, 6.07) is 11.9. The van der Waals surface area contributed by atoms with Crippen LogP contribution in [0.1, 0.15) is 19.4 Å². The standard InChI is InChI=1S/C26H27F3N6O2S/c1-25(2,35-10-12-36-13-11-35)15-31-24-32-18(16-6-8-17(9-7-16)26(27,28)29)14-21(33-24)37-19-4-3-5-20-22(19)34-23(30)38-20/h3-9,14H,10-13,15H2,1-2H3,(H2,30,34)(H,31,32,33). The van der Waals surface area contributed by atoms with E-state index in [-0.39, 0.29) is 11.4 Å². The van der Waals surface area contributed by atoms with Crippen LogP contribution in [0.3, 0.4) is 0 Å². The number of nitrogens with two attached hydrogens (primary N) is 1. The highest BCUT2D eigenvalue weighted by Gasteiger charge is 2.30. The first-order chi connectivity index (χ1) is 18.1. The second-order valence-corrected chi connectivity index (χ2v) is 10.6. The summed E-state index contributed by atoms with van der Waals surface area (Å²) in [4.78, 5) is 15.8. The van der Waals surface area contributed by atoms with Crippen LogP contribution in [0.2, 0.25) is 0 Å². The third kappa shape index (κ3) is 5.82. The van der Waals surface area contributed by atoms with Gasteiger partial charge in [0.25, 0.3) is 0 Å². The molecule has 0 saturated carbocycles.